The Hall–Kier alpha value is -5.73. The maximum atomic E-state index is 13.9. The van der Waals surface area contributed by atoms with Gasteiger partial charge in [0.25, 0.3) is 0 Å². The number of hydrogen-bond donors (Lipinski definition) is 2. The number of aliphatic hydroxyl groups excluding tert-OH is 1. The standard InChI is InChI=1S/C38H34N2O6/c1-43-34-22-28(45-24-26-10-5-3-6-11-26)15-17-30(34)37(41)33-14-9-21-40(33)32-19-20-39-36(32)38(42)31-18-16-29(23-35(31)44-2)46-25-27-12-7-4-8-13-27/h3-23,37,39,41H,24-25H2,1-2H3. The van der Waals surface area contributed by atoms with E-state index in [1.165, 1.54) is 7.11 Å². The molecule has 0 radical (unpaired) electrons. The molecule has 46 heavy (non-hydrogen) atoms. The number of nitrogens with zero attached hydrogens (tertiary/aromatic N) is 1. The maximum Gasteiger partial charge on any atom is 0.215 e. The Morgan fingerprint density at radius 2 is 1.35 bits per heavy atom. The number of methoxy groups -OCH3 is 2. The number of benzene rings is 4. The zero-order valence-electron chi connectivity index (χ0n) is 25.6. The predicted octanol–water partition coefficient (Wildman–Crippen LogP) is 7.29. The van der Waals surface area contributed by atoms with Crippen molar-refractivity contribution in [3.63, 3.8) is 0 Å². The molecule has 8 nitrogen and oxygen atoms in total. The first-order chi connectivity index (χ1) is 22.6. The Labute approximate surface area is 267 Å². The fraction of sp³-hybridized carbons (Fsp3) is 0.132. The van der Waals surface area contributed by atoms with Gasteiger partial charge < -0.3 is 33.6 Å². The number of carbonyl (C=O) groups is 1. The zero-order chi connectivity index (χ0) is 31.9. The van der Waals surface area contributed by atoms with Gasteiger partial charge in [-0.05, 0) is 53.6 Å². The summed E-state index contributed by atoms with van der Waals surface area (Å²) in [4.78, 5) is 17.0. The molecule has 6 rings (SSSR count). The number of nitrogens with one attached hydrogen (secondary N) is 1. The first-order valence-corrected chi connectivity index (χ1v) is 14.8. The van der Waals surface area contributed by atoms with Crippen molar-refractivity contribution >= 4 is 5.78 Å². The first kappa shape index (κ1) is 30.3. The average Bonchev–Trinajstić information content (AvgIpc) is 3.80. The molecule has 0 fully saturated rings. The third kappa shape index (κ3) is 6.52. The molecule has 0 saturated heterocycles. The maximum absolute atomic E-state index is 13.9. The fourth-order valence-electron chi connectivity index (χ4n) is 5.31. The van der Waals surface area contributed by atoms with Crippen LogP contribution in [0.5, 0.6) is 23.0 Å². The molecule has 4 aromatic carbocycles. The number of aromatic nitrogens is 2. The number of rotatable bonds is 13. The van der Waals surface area contributed by atoms with Gasteiger partial charge in [-0.25, -0.2) is 0 Å². The molecule has 2 heterocycles. The first-order valence-electron chi connectivity index (χ1n) is 14.8. The molecule has 2 aromatic heterocycles. The number of ketones is 1. The van der Waals surface area contributed by atoms with E-state index in [0.717, 1.165) is 11.1 Å². The molecule has 0 bridgehead atoms. The van der Waals surface area contributed by atoms with E-state index in [2.05, 4.69) is 4.98 Å². The van der Waals surface area contributed by atoms with E-state index in [-0.39, 0.29) is 5.78 Å². The molecule has 0 amide bonds. The molecule has 0 spiro atoms. The average molecular weight is 615 g/mol. The van der Waals surface area contributed by atoms with Gasteiger partial charge >= 0.3 is 0 Å². The Bertz CT molecular complexity index is 1910. The van der Waals surface area contributed by atoms with Crippen LogP contribution in [0.1, 0.15) is 44.5 Å². The second-order valence-electron chi connectivity index (χ2n) is 10.6. The van der Waals surface area contributed by atoms with Crippen molar-refractivity contribution in [2.75, 3.05) is 14.2 Å². The van der Waals surface area contributed by atoms with Gasteiger partial charge in [-0.1, -0.05) is 60.7 Å². The largest absolute Gasteiger partial charge is 0.496 e. The second kappa shape index (κ2) is 13.9. The van der Waals surface area contributed by atoms with Gasteiger partial charge in [0.2, 0.25) is 5.78 Å². The topological polar surface area (TPSA) is 94.9 Å². The van der Waals surface area contributed by atoms with Crippen LogP contribution in [0.3, 0.4) is 0 Å². The van der Waals surface area contributed by atoms with Crippen LogP contribution < -0.4 is 18.9 Å². The highest BCUT2D eigenvalue weighted by Crippen LogP contribution is 2.35. The lowest BCUT2D eigenvalue weighted by atomic mass is 10.0. The SMILES string of the molecule is COc1cc(OCc2ccccc2)ccc1C(=O)c1[nH]ccc1-n1cccc1C(O)c1ccc(OCc2ccccc2)cc1OC. The molecule has 1 atom stereocenters. The van der Waals surface area contributed by atoms with E-state index in [0.29, 0.717) is 64.4 Å². The summed E-state index contributed by atoms with van der Waals surface area (Å²) in [7, 11) is 3.08. The summed E-state index contributed by atoms with van der Waals surface area (Å²) in [6, 6.07) is 35.7. The van der Waals surface area contributed by atoms with Gasteiger partial charge in [-0.2, -0.15) is 0 Å². The van der Waals surface area contributed by atoms with Crippen LogP contribution in [0.25, 0.3) is 5.69 Å². The highest BCUT2D eigenvalue weighted by molar-refractivity contribution is 6.11. The second-order valence-corrected chi connectivity index (χ2v) is 10.6. The third-order valence-corrected chi connectivity index (χ3v) is 7.69. The Morgan fingerprint density at radius 3 is 1.98 bits per heavy atom. The van der Waals surface area contributed by atoms with Gasteiger partial charge in [-0.15, -0.1) is 0 Å². The quantitative estimate of drug-likeness (QED) is 0.133. The van der Waals surface area contributed by atoms with Crippen molar-refractivity contribution in [2.45, 2.75) is 19.3 Å². The van der Waals surface area contributed by atoms with Crippen LogP contribution in [0.15, 0.2) is 128 Å². The van der Waals surface area contributed by atoms with E-state index in [4.69, 9.17) is 18.9 Å². The number of carbonyl (C=O) groups excluding carboxylic acids is 1. The van der Waals surface area contributed by atoms with Gasteiger partial charge in [0, 0.05) is 30.1 Å². The number of hydrogen-bond acceptors (Lipinski definition) is 6. The number of H-pyrrole nitrogens is 1. The predicted molar refractivity (Wildman–Crippen MR) is 175 cm³/mol. The smallest absolute Gasteiger partial charge is 0.215 e. The molecule has 0 aliphatic carbocycles. The van der Waals surface area contributed by atoms with E-state index < -0.39 is 6.10 Å². The lowest BCUT2D eigenvalue weighted by Crippen LogP contribution is -2.12. The van der Waals surface area contributed by atoms with E-state index >= 15 is 0 Å². The third-order valence-electron chi connectivity index (χ3n) is 7.69. The molecular formula is C38H34N2O6. The van der Waals surface area contributed by atoms with Crippen molar-refractivity contribution < 1.29 is 28.8 Å². The van der Waals surface area contributed by atoms with Crippen LogP contribution in [-0.4, -0.2) is 34.7 Å². The summed E-state index contributed by atoms with van der Waals surface area (Å²) < 4.78 is 24.9. The van der Waals surface area contributed by atoms with E-state index in [9.17, 15) is 9.90 Å². The monoisotopic (exact) mass is 614 g/mol. The van der Waals surface area contributed by atoms with Crippen molar-refractivity contribution in [1.29, 1.82) is 0 Å². The summed E-state index contributed by atoms with van der Waals surface area (Å²) in [6.07, 6.45) is 2.45. The minimum atomic E-state index is -1.05. The van der Waals surface area contributed by atoms with Crippen LogP contribution in [0, 0.1) is 0 Å². The minimum absolute atomic E-state index is 0.266. The Balaban J connectivity index is 1.23. The lowest BCUT2D eigenvalue weighted by molar-refractivity contribution is 0.103. The molecule has 6 aromatic rings. The molecule has 1 unspecified atom stereocenters. The van der Waals surface area contributed by atoms with Crippen LogP contribution >= 0.6 is 0 Å². The van der Waals surface area contributed by atoms with E-state index in [1.54, 1.807) is 60.5 Å². The molecule has 8 heteroatoms. The van der Waals surface area contributed by atoms with Crippen LogP contribution in [0.4, 0.5) is 0 Å². The molecule has 0 aliphatic heterocycles. The van der Waals surface area contributed by atoms with Crippen molar-refractivity contribution in [3.8, 4) is 28.7 Å². The number of aliphatic hydroxyl groups is 1. The summed E-state index contributed by atoms with van der Waals surface area (Å²) >= 11 is 0. The summed E-state index contributed by atoms with van der Waals surface area (Å²) in [5.74, 6) is 1.82. The van der Waals surface area contributed by atoms with Gasteiger partial charge in [-0.3, -0.25) is 4.79 Å². The van der Waals surface area contributed by atoms with E-state index in [1.807, 2.05) is 78.9 Å². The summed E-state index contributed by atoms with van der Waals surface area (Å²) in [5.41, 5.74) is 4.50. The molecule has 232 valence electrons. The van der Waals surface area contributed by atoms with Gasteiger partial charge in [0.05, 0.1) is 31.2 Å². The molecular weight excluding hydrogens is 580 g/mol. The number of ether oxygens (including phenoxy) is 4. The molecule has 2 N–H and O–H groups in total. The molecule has 0 aliphatic rings. The van der Waals surface area contributed by atoms with Crippen molar-refractivity contribution in [3.05, 3.63) is 161 Å². The Kier molecular flexibility index (Phi) is 9.17. The molecule has 0 saturated carbocycles. The van der Waals surface area contributed by atoms with Crippen molar-refractivity contribution in [2.24, 2.45) is 0 Å². The number of aromatic amines is 1. The normalized spacial score (nSPS) is 11.5. The van der Waals surface area contributed by atoms with Gasteiger partial charge in [0.15, 0.2) is 0 Å². The van der Waals surface area contributed by atoms with Crippen LogP contribution in [-0.2, 0) is 13.2 Å². The summed E-state index contributed by atoms with van der Waals surface area (Å²) in [6.45, 7) is 0.804. The fourth-order valence-corrected chi connectivity index (χ4v) is 5.31. The van der Waals surface area contributed by atoms with Gasteiger partial charge in [0.1, 0.15) is 48.0 Å². The highest BCUT2D eigenvalue weighted by atomic mass is 16.5. The zero-order valence-corrected chi connectivity index (χ0v) is 25.6. The lowest BCUT2D eigenvalue weighted by Gasteiger charge is -2.19. The Morgan fingerprint density at radius 1 is 0.739 bits per heavy atom. The summed E-state index contributed by atoms with van der Waals surface area (Å²) in [5, 5.41) is 11.6. The van der Waals surface area contributed by atoms with Crippen LogP contribution in [0.2, 0.25) is 0 Å². The van der Waals surface area contributed by atoms with Crippen molar-refractivity contribution in [1.82, 2.24) is 9.55 Å². The highest BCUT2D eigenvalue weighted by Gasteiger charge is 2.25. The minimum Gasteiger partial charge on any atom is -0.496 e.